The van der Waals surface area contributed by atoms with Gasteiger partial charge in [0.05, 0.1) is 6.10 Å². The molecule has 0 aliphatic carbocycles. The Labute approximate surface area is 92.4 Å². The maximum absolute atomic E-state index is 5.71. The van der Waals surface area contributed by atoms with Gasteiger partial charge in [-0.1, -0.05) is 12.1 Å². The van der Waals surface area contributed by atoms with E-state index in [-0.39, 0.29) is 12.1 Å². The van der Waals surface area contributed by atoms with Gasteiger partial charge in [-0.2, -0.15) is 0 Å². The van der Waals surface area contributed by atoms with E-state index >= 15 is 0 Å². The van der Waals surface area contributed by atoms with Crippen molar-refractivity contribution in [2.45, 2.75) is 45.8 Å². The van der Waals surface area contributed by atoms with E-state index in [9.17, 15) is 0 Å². The van der Waals surface area contributed by atoms with E-state index in [1.54, 1.807) is 0 Å². The van der Waals surface area contributed by atoms with Gasteiger partial charge >= 0.3 is 0 Å². The third-order valence-corrected chi connectivity index (χ3v) is 2.18. The highest BCUT2D eigenvalue weighted by atomic mass is 16.5. The molecular weight excluding hydrogens is 186 g/mol. The van der Waals surface area contributed by atoms with E-state index in [2.05, 4.69) is 12.1 Å². The molecule has 2 N–H and O–H groups in total. The van der Waals surface area contributed by atoms with E-state index in [1.807, 2.05) is 32.9 Å². The quantitative estimate of drug-likeness (QED) is 0.805. The molecule has 2 nitrogen and oxygen atoms in total. The van der Waals surface area contributed by atoms with Gasteiger partial charge in [-0.15, -0.1) is 0 Å². The first kappa shape index (κ1) is 12.1. The molecule has 0 aliphatic rings. The maximum Gasteiger partial charge on any atom is 0.119 e. The van der Waals surface area contributed by atoms with Crippen LogP contribution in [0.2, 0.25) is 0 Å². The van der Waals surface area contributed by atoms with E-state index in [0.717, 1.165) is 18.6 Å². The first-order chi connectivity index (χ1) is 7.08. The topological polar surface area (TPSA) is 35.2 Å². The van der Waals surface area contributed by atoms with Crippen molar-refractivity contribution in [1.29, 1.82) is 0 Å². The fourth-order valence-electron chi connectivity index (χ4n) is 1.40. The predicted octanol–water partition coefficient (Wildman–Crippen LogP) is 2.75. The molecule has 2 heteroatoms. The van der Waals surface area contributed by atoms with Gasteiger partial charge in [0, 0.05) is 6.04 Å². The van der Waals surface area contributed by atoms with Crippen LogP contribution in [-0.4, -0.2) is 12.1 Å². The molecule has 0 fully saturated rings. The fraction of sp³-hybridized carbons (Fsp3) is 0.538. The highest BCUT2D eigenvalue weighted by Gasteiger charge is 1.99. The van der Waals surface area contributed by atoms with Crippen LogP contribution < -0.4 is 10.5 Å². The molecule has 0 heterocycles. The number of rotatable bonds is 5. The number of aryl methyl sites for hydroxylation is 1. The van der Waals surface area contributed by atoms with Gasteiger partial charge < -0.3 is 10.5 Å². The van der Waals surface area contributed by atoms with Crippen molar-refractivity contribution in [1.82, 2.24) is 0 Å². The van der Waals surface area contributed by atoms with E-state index < -0.39 is 0 Å². The minimum Gasteiger partial charge on any atom is -0.491 e. The minimum atomic E-state index is 0.236. The lowest BCUT2D eigenvalue weighted by Gasteiger charge is -2.10. The van der Waals surface area contributed by atoms with Crippen LogP contribution in [0.1, 0.15) is 32.8 Å². The van der Waals surface area contributed by atoms with Crippen molar-refractivity contribution in [3.05, 3.63) is 29.8 Å². The number of hydrogen-bond donors (Lipinski definition) is 1. The zero-order valence-electron chi connectivity index (χ0n) is 9.86. The van der Waals surface area contributed by atoms with Crippen molar-refractivity contribution in [3.63, 3.8) is 0 Å². The Morgan fingerprint density at radius 1 is 1.13 bits per heavy atom. The highest BCUT2D eigenvalue weighted by molar-refractivity contribution is 5.27. The van der Waals surface area contributed by atoms with Gasteiger partial charge in [0.2, 0.25) is 0 Å². The summed E-state index contributed by atoms with van der Waals surface area (Å²) in [5, 5.41) is 0. The first-order valence-corrected chi connectivity index (χ1v) is 5.59. The zero-order valence-corrected chi connectivity index (χ0v) is 9.86. The lowest BCUT2D eigenvalue weighted by atomic mass is 10.1. The van der Waals surface area contributed by atoms with Crippen LogP contribution in [0, 0.1) is 0 Å². The Hall–Kier alpha value is -1.02. The number of hydrogen-bond acceptors (Lipinski definition) is 2. The molecule has 84 valence electrons. The van der Waals surface area contributed by atoms with Crippen molar-refractivity contribution >= 4 is 0 Å². The molecule has 0 amide bonds. The zero-order chi connectivity index (χ0) is 11.3. The summed E-state index contributed by atoms with van der Waals surface area (Å²) in [6, 6.07) is 8.55. The van der Waals surface area contributed by atoms with Crippen molar-refractivity contribution in [2.24, 2.45) is 5.73 Å². The van der Waals surface area contributed by atoms with Crippen LogP contribution in [0.4, 0.5) is 0 Å². The Bertz CT molecular complexity index is 277. The normalized spacial score (nSPS) is 12.9. The largest absolute Gasteiger partial charge is 0.491 e. The standard InChI is InChI=1S/C13H21NO/c1-10(2)15-13-8-6-12(7-9-13)5-4-11(3)14/h6-11H,4-5,14H2,1-3H3/t11-/m0/s1. The summed E-state index contributed by atoms with van der Waals surface area (Å²) < 4.78 is 5.57. The molecule has 0 aromatic heterocycles. The summed E-state index contributed by atoms with van der Waals surface area (Å²) in [5.74, 6) is 0.939. The second kappa shape index (κ2) is 5.76. The van der Waals surface area contributed by atoms with Crippen molar-refractivity contribution in [2.75, 3.05) is 0 Å². The van der Waals surface area contributed by atoms with Gasteiger partial charge in [0.1, 0.15) is 5.75 Å². The number of nitrogens with two attached hydrogens (primary N) is 1. The first-order valence-electron chi connectivity index (χ1n) is 5.59. The second-order valence-electron chi connectivity index (χ2n) is 4.33. The lowest BCUT2D eigenvalue weighted by molar-refractivity contribution is 0.242. The van der Waals surface area contributed by atoms with Crippen molar-refractivity contribution < 1.29 is 4.74 Å². The lowest BCUT2D eigenvalue weighted by Crippen LogP contribution is -2.15. The molecular formula is C13H21NO. The average Bonchev–Trinajstić information content (AvgIpc) is 2.16. The smallest absolute Gasteiger partial charge is 0.119 e. The van der Waals surface area contributed by atoms with Gasteiger partial charge in [0.15, 0.2) is 0 Å². The van der Waals surface area contributed by atoms with Gasteiger partial charge in [0.25, 0.3) is 0 Å². The fourth-order valence-corrected chi connectivity index (χ4v) is 1.40. The summed E-state index contributed by atoms with van der Waals surface area (Å²) >= 11 is 0. The maximum atomic E-state index is 5.71. The SMILES string of the molecule is CC(C)Oc1ccc(CC[C@H](C)N)cc1. The molecule has 15 heavy (non-hydrogen) atoms. The van der Waals surface area contributed by atoms with Crippen molar-refractivity contribution in [3.8, 4) is 5.75 Å². The molecule has 0 saturated carbocycles. The van der Waals surface area contributed by atoms with E-state index in [1.165, 1.54) is 5.56 Å². The molecule has 1 atom stereocenters. The van der Waals surface area contributed by atoms with E-state index in [0.29, 0.717) is 0 Å². The Morgan fingerprint density at radius 2 is 1.73 bits per heavy atom. The summed E-state index contributed by atoms with van der Waals surface area (Å²) in [4.78, 5) is 0. The third kappa shape index (κ3) is 4.84. The van der Waals surface area contributed by atoms with Crippen LogP contribution in [0.15, 0.2) is 24.3 Å². The number of ether oxygens (including phenoxy) is 1. The molecule has 1 aromatic carbocycles. The molecule has 1 aromatic rings. The summed E-state index contributed by atoms with van der Waals surface area (Å²) in [5.41, 5.74) is 7.03. The molecule has 0 radical (unpaired) electrons. The van der Waals surface area contributed by atoms with Gasteiger partial charge in [-0.3, -0.25) is 0 Å². The second-order valence-corrected chi connectivity index (χ2v) is 4.33. The molecule has 0 unspecified atom stereocenters. The van der Waals surface area contributed by atoms with Crippen LogP contribution in [0.5, 0.6) is 5.75 Å². The van der Waals surface area contributed by atoms with Crippen LogP contribution in [0.3, 0.4) is 0 Å². The third-order valence-electron chi connectivity index (χ3n) is 2.18. The van der Waals surface area contributed by atoms with Gasteiger partial charge in [-0.25, -0.2) is 0 Å². The molecule has 0 spiro atoms. The van der Waals surface area contributed by atoms with Crippen LogP contribution in [0.25, 0.3) is 0 Å². The minimum absolute atomic E-state index is 0.236. The molecule has 0 aliphatic heterocycles. The monoisotopic (exact) mass is 207 g/mol. The highest BCUT2D eigenvalue weighted by Crippen LogP contribution is 2.14. The summed E-state index contributed by atoms with van der Waals surface area (Å²) in [6.07, 6.45) is 2.31. The Balaban J connectivity index is 2.49. The van der Waals surface area contributed by atoms with Crippen LogP contribution >= 0.6 is 0 Å². The predicted molar refractivity (Wildman–Crippen MR) is 64.2 cm³/mol. The summed E-state index contributed by atoms with van der Waals surface area (Å²) in [7, 11) is 0. The van der Waals surface area contributed by atoms with Crippen LogP contribution in [-0.2, 0) is 6.42 Å². The average molecular weight is 207 g/mol. The van der Waals surface area contributed by atoms with E-state index in [4.69, 9.17) is 10.5 Å². The number of benzene rings is 1. The molecule has 1 rings (SSSR count). The van der Waals surface area contributed by atoms with Gasteiger partial charge in [-0.05, 0) is 51.3 Å². The summed E-state index contributed by atoms with van der Waals surface area (Å²) in [6.45, 7) is 6.10. The Kier molecular flexibility index (Phi) is 4.63. The molecule has 0 bridgehead atoms. The molecule has 0 saturated heterocycles. The Morgan fingerprint density at radius 3 is 2.20 bits per heavy atom.